The van der Waals surface area contributed by atoms with E-state index in [0.717, 1.165) is 51.0 Å². The smallest absolute Gasteiger partial charge is 0.228 e. The van der Waals surface area contributed by atoms with Gasteiger partial charge < -0.3 is 10.1 Å². The molecular weight excluding hydrogens is 378 g/mol. The van der Waals surface area contributed by atoms with Gasteiger partial charge in [-0.3, -0.25) is 9.69 Å². The lowest BCUT2D eigenvalue weighted by Gasteiger charge is -2.39. The number of carbonyl (C=O) groups excluding carboxylic acids is 1. The van der Waals surface area contributed by atoms with Crippen LogP contribution in [-0.2, 0) is 22.4 Å². The van der Waals surface area contributed by atoms with Crippen molar-refractivity contribution in [3.63, 3.8) is 0 Å². The van der Waals surface area contributed by atoms with E-state index in [-0.39, 0.29) is 11.3 Å². The summed E-state index contributed by atoms with van der Waals surface area (Å²) in [5.74, 6) is 0.208. The second-order valence-corrected chi connectivity index (χ2v) is 9.03. The Morgan fingerprint density at radius 1 is 1.17 bits per heavy atom. The lowest BCUT2D eigenvalue weighted by Crippen LogP contribution is -2.52. The largest absolute Gasteiger partial charge is 0.381 e. The van der Waals surface area contributed by atoms with Gasteiger partial charge in [0.2, 0.25) is 5.91 Å². The Hall–Kier alpha value is -2.25. The summed E-state index contributed by atoms with van der Waals surface area (Å²) >= 11 is 0. The molecule has 30 heavy (non-hydrogen) atoms. The zero-order valence-electron chi connectivity index (χ0n) is 17.4. The van der Waals surface area contributed by atoms with Gasteiger partial charge in [0, 0.05) is 44.3 Å². The number of ether oxygens (including phenoxy) is 1. The van der Waals surface area contributed by atoms with E-state index in [1.54, 1.807) is 6.20 Å². The Labute approximate surface area is 177 Å². The highest BCUT2D eigenvalue weighted by Crippen LogP contribution is 2.53. The highest BCUT2D eigenvalue weighted by atomic mass is 16.5. The highest BCUT2D eigenvalue weighted by molar-refractivity contribution is 5.84. The minimum atomic E-state index is -0.355. The molecule has 160 valence electrons. The van der Waals surface area contributed by atoms with Crippen LogP contribution in [0.3, 0.4) is 0 Å². The average molecular weight is 410 g/mol. The summed E-state index contributed by atoms with van der Waals surface area (Å²) in [7, 11) is 0. The second kappa shape index (κ2) is 8.47. The molecule has 0 spiro atoms. The summed E-state index contributed by atoms with van der Waals surface area (Å²) in [6.07, 6.45) is 8.68. The van der Waals surface area contributed by atoms with E-state index in [1.807, 2.05) is 6.07 Å². The molecule has 1 aromatic heterocycles. The average Bonchev–Trinajstić information content (AvgIpc) is 3.51. The van der Waals surface area contributed by atoms with Gasteiger partial charge in [0.05, 0.1) is 17.3 Å². The van der Waals surface area contributed by atoms with Crippen LogP contribution in [0.1, 0.15) is 43.4 Å². The molecule has 0 unspecified atom stereocenters. The number of amides is 1. The number of nitrogens with zero attached hydrogens (tertiary/aromatic N) is 3. The van der Waals surface area contributed by atoms with Crippen molar-refractivity contribution in [3.05, 3.63) is 47.8 Å². The summed E-state index contributed by atoms with van der Waals surface area (Å²) in [5.41, 5.74) is 1.78. The molecule has 2 N–H and O–H groups in total. The molecular formula is C23H31N5O2. The lowest BCUT2D eigenvalue weighted by atomic mass is 9.69. The van der Waals surface area contributed by atoms with Gasteiger partial charge in [-0.15, -0.1) is 0 Å². The first-order valence-corrected chi connectivity index (χ1v) is 11.3. The van der Waals surface area contributed by atoms with Crippen LogP contribution in [0.2, 0.25) is 0 Å². The molecule has 7 nitrogen and oxygen atoms in total. The van der Waals surface area contributed by atoms with Crippen LogP contribution in [0.15, 0.2) is 36.5 Å². The van der Waals surface area contributed by atoms with Gasteiger partial charge in [0.1, 0.15) is 0 Å². The molecule has 1 amide bonds. The molecule has 3 aliphatic heterocycles. The molecule has 0 radical (unpaired) electrons. The standard InChI is InChI=1S/C23H31N5O2/c29-22(24-11-8-18-16-25-27-26-18)23(14-17-4-2-1-3-5-17)15-20-6-7-21(23)28(20)19-9-12-30-13-10-19/h1-5,16,19-21H,6-15H2,(H,24,29)(H,25,26,27)/t20-,21+,23+/m1/s1. The summed E-state index contributed by atoms with van der Waals surface area (Å²) in [6, 6.07) is 11.9. The third kappa shape index (κ3) is 3.65. The number of aromatic nitrogens is 3. The summed E-state index contributed by atoms with van der Waals surface area (Å²) in [4.78, 5) is 16.4. The first kappa shape index (κ1) is 19.7. The van der Waals surface area contributed by atoms with Crippen molar-refractivity contribution < 1.29 is 9.53 Å². The van der Waals surface area contributed by atoms with Crippen molar-refractivity contribution in [2.75, 3.05) is 19.8 Å². The Kier molecular flexibility index (Phi) is 5.56. The summed E-state index contributed by atoms with van der Waals surface area (Å²) in [5, 5.41) is 13.9. The Bertz CT molecular complexity index is 837. The minimum absolute atomic E-state index is 0.208. The van der Waals surface area contributed by atoms with E-state index in [2.05, 4.69) is 49.9 Å². The van der Waals surface area contributed by atoms with Crippen LogP contribution >= 0.6 is 0 Å². The predicted molar refractivity (Wildman–Crippen MR) is 113 cm³/mol. The number of hydrogen-bond donors (Lipinski definition) is 2. The maximum Gasteiger partial charge on any atom is 0.228 e. The monoisotopic (exact) mass is 409 g/mol. The van der Waals surface area contributed by atoms with Gasteiger partial charge in [-0.1, -0.05) is 30.3 Å². The van der Waals surface area contributed by atoms with Crippen LogP contribution in [0, 0.1) is 5.41 Å². The number of hydrogen-bond acceptors (Lipinski definition) is 5. The number of carbonyl (C=O) groups is 1. The quantitative estimate of drug-likeness (QED) is 0.732. The van der Waals surface area contributed by atoms with Crippen molar-refractivity contribution in [1.82, 2.24) is 25.6 Å². The van der Waals surface area contributed by atoms with E-state index in [1.165, 1.54) is 12.0 Å². The van der Waals surface area contributed by atoms with Crippen molar-refractivity contribution in [1.29, 1.82) is 0 Å². The van der Waals surface area contributed by atoms with Crippen LogP contribution in [0.4, 0.5) is 0 Å². The third-order valence-corrected chi connectivity index (χ3v) is 7.35. The summed E-state index contributed by atoms with van der Waals surface area (Å²) < 4.78 is 5.61. The number of benzene rings is 1. The fourth-order valence-electron chi connectivity index (χ4n) is 6.06. The third-order valence-electron chi connectivity index (χ3n) is 7.35. The molecule has 1 aromatic carbocycles. The topological polar surface area (TPSA) is 83.1 Å². The van der Waals surface area contributed by atoms with Gasteiger partial charge in [-0.2, -0.15) is 15.4 Å². The van der Waals surface area contributed by atoms with Crippen LogP contribution in [0.25, 0.3) is 0 Å². The maximum absolute atomic E-state index is 13.7. The molecule has 4 heterocycles. The van der Waals surface area contributed by atoms with E-state index in [0.29, 0.717) is 31.1 Å². The van der Waals surface area contributed by atoms with E-state index >= 15 is 0 Å². The molecule has 2 aromatic rings. The minimum Gasteiger partial charge on any atom is -0.381 e. The SMILES string of the molecule is O=C(NCCc1cn[nH]n1)[C@@]1(Cc2ccccc2)C[C@H]2CC[C@@H]1N2C1CCOCC1. The van der Waals surface area contributed by atoms with Gasteiger partial charge >= 0.3 is 0 Å². The van der Waals surface area contributed by atoms with Crippen LogP contribution < -0.4 is 5.32 Å². The Morgan fingerprint density at radius 3 is 2.77 bits per heavy atom. The number of H-pyrrole nitrogens is 1. The molecule has 3 saturated heterocycles. The zero-order chi connectivity index (χ0) is 20.4. The van der Waals surface area contributed by atoms with Crippen LogP contribution in [0.5, 0.6) is 0 Å². The van der Waals surface area contributed by atoms with Crippen molar-refractivity contribution in [2.45, 2.75) is 63.1 Å². The first-order valence-electron chi connectivity index (χ1n) is 11.3. The Balaban J connectivity index is 1.37. The molecule has 3 fully saturated rings. The Morgan fingerprint density at radius 2 is 2.00 bits per heavy atom. The van der Waals surface area contributed by atoms with Gasteiger partial charge in [-0.05, 0) is 44.1 Å². The number of nitrogens with one attached hydrogen (secondary N) is 2. The number of fused-ring (bicyclic) bond motifs is 2. The maximum atomic E-state index is 13.7. The van der Waals surface area contributed by atoms with Gasteiger partial charge in [0.15, 0.2) is 0 Å². The number of aromatic amines is 1. The normalized spacial score (nSPS) is 29.3. The van der Waals surface area contributed by atoms with Crippen molar-refractivity contribution >= 4 is 5.91 Å². The molecule has 0 aliphatic carbocycles. The fraction of sp³-hybridized carbons (Fsp3) is 0.609. The second-order valence-electron chi connectivity index (χ2n) is 9.03. The molecule has 7 heteroatoms. The van der Waals surface area contributed by atoms with Crippen molar-refractivity contribution in [2.24, 2.45) is 5.41 Å². The first-order chi connectivity index (χ1) is 14.8. The number of rotatable bonds is 7. The highest BCUT2D eigenvalue weighted by Gasteiger charge is 2.60. The van der Waals surface area contributed by atoms with Gasteiger partial charge in [0.25, 0.3) is 0 Å². The molecule has 3 atom stereocenters. The van der Waals surface area contributed by atoms with Crippen molar-refractivity contribution in [3.8, 4) is 0 Å². The van der Waals surface area contributed by atoms with E-state index < -0.39 is 0 Å². The molecule has 3 aliphatic rings. The van der Waals surface area contributed by atoms with E-state index in [9.17, 15) is 4.79 Å². The molecule has 0 saturated carbocycles. The zero-order valence-corrected chi connectivity index (χ0v) is 17.4. The molecule has 5 rings (SSSR count). The predicted octanol–water partition coefficient (Wildman–Crippen LogP) is 2.11. The van der Waals surface area contributed by atoms with Gasteiger partial charge in [-0.25, -0.2) is 0 Å². The summed E-state index contributed by atoms with van der Waals surface area (Å²) in [6.45, 7) is 2.28. The van der Waals surface area contributed by atoms with E-state index in [4.69, 9.17) is 4.74 Å². The lowest BCUT2D eigenvalue weighted by molar-refractivity contribution is -0.133. The molecule has 2 bridgehead atoms. The fourth-order valence-corrected chi connectivity index (χ4v) is 6.06. The van der Waals surface area contributed by atoms with Crippen LogP contribution in [-0.4, -0.2) is 64.1 Å².